The van der Waals surface area contributed by atoms with Crippen LogP contribution in [0.4, 0.5) is 0 Å². The van der Waals surface area contributed by atoms with Crippen LogP contribution in [-0.4, -0.2) is 19.8 Å². The van der Waals surface area contributed by atoms with Crippen LogP contribution in [0.25, 0.3) is 26.7 Å². The Morgan fingerprint density at radius 1 is 0.714 bits per heavy atom. The van der Waals surface area contributed by atoms with Crippen LogP contribution < -0.4 is 0 Å². The standard InChI is InChI=1S/C22H16N4S2/c1-3-7-16(8-4-1)17-11-13-18(14-12-17)21-25-26-20(23-24-22(26)28-21)15-27-19-9-5-2-6-10-19/h1-14H,15H2. The second-order valence-corrected chi connectivity index (χ2v) is 8.27. The average Bonchev–Trinajstić information content (AvgIpc) is 3.35. The van der Waals surface area contributed by atoms with Crippen LogP contribution >= 0.6 is 23.1 Å². The summed E-state index contributed by atoms with van der Waals surface area (Å²) in [4.78, 5) is 2.04. The normalized spacial score (nSPS) is 11.1. The lowest BCUT2D eigenvalue weighted by Gasteiger charge is -2.02. The molecule has 2 heterocycles. The molecule has 0 aliphatic heterocycles. The molecule has 0 aliphatic rings. The highest BCUT2D eigenvalue weighted by Crippen LogP contribution is 2.29. The first kappa shape index (κ1) is 17.2. The SMILES string of the molecule is c1ccc(SCc2nnc3sc(-c4ccc(-c5ccccc5)cc4)nn23)cc1. The first-order chi connectivity index (χ1) is 13.9. The van der Waals surface area contributed by atoms with Crippen molar-refractivity contribution in [2.75, 3.05) is 0 Å². The van der Waals surface area contributed by atoms with Gasteiger partial charge < -0.3 is 0 Å². The Balaban J connectivity index is 1.39. The molecule has 4 nitrogen and oxygen atoms in total. The second-order valence-electron chi connectivity index (χ2n) is 6.26. The zero-order valence-electron chi connectivity index (χ0n) is 14.9. The summed E-state index contributed by atoms with van der Waals surface area (Å²) < 4.78 is 1.86. The third kappa shape index (κ3) is 3.44. The van der Waals surface area contributed by atoms with Crippen LogP contribution in [0.2, 0.25) is 0 Å². The van der Waals surface area contributed by atoms with E-state index in [1.807, 2.05) is 28.8 Å². The van der Waals surface area contributed by atoms with E-state index >= 15 is 0 Å². The van der Waals surface area contributed by atoms with Crippen LogP contribution in [0, 0.1) is 0 Å². The van der Waals surface area contributed by atoms with E-state index in [4.69, 9.17) is 5.10 Å². The Hall–Kier alpha value is -2.96. The van der Waals surface area contributed by atoms with Crippen molar-refractivity contribution in [3.8, 4) is 21.7 Å². The minimum absolute atomic E-state index is 0.737. The zero-order chi connectivity index (χ0) is 18.8. The average molecular weight is 401 g/mol. The molecule has 6 heteroatoms. The van der Waals surface area contributed by atoms with Crippen molar-refractivity contribution in [3.63, 3.8) is 0 Å². The van der Waals surface area contributed by atoms with E-state index in [0.29, 0.717) is 0 Å². The molecule has 0 bridgehead atoms. The molecule has 2 aromatic heterocycles. The molecule has 0 atom stereocenters. The topological polar surface area (TPSA) is 43.1 Å². The van der Waals surface area contributed by atoms with Crippen molar-refractivity contribution in [2.24, 2.45) is 0 Å². The van der Waals surface area contributed by atoms with Gasteiger partial charge in [-0.2, -0.15) is 9.61 Å². The van der Waals surface area contributed by atoms with E-state index < -0.39 is 0 Å². The largest absolute Gasteiger partial charge is 0.235 e. The molecule has 0 spiro atoms. The maximum Gasteiger partial charge on any atom is 0.235 e. The summed E-state index contributed by atoms with van der Waals surface area (Å²) >= 11 is 3.30. The highest BCUT2D eigenvalue weighted by Gasteiger charge is 2.13. The number of aromatic nitrogens is 4. The maximum absolute atomic E-state index is 4.75. The molecule has 0 amide bonds. The van der Waals surface area contributed by atoms with Crippen LogP contribution in [0.3, 0.4) is 0 Å². The molecular formula is C22H16N4S2. The number of rotatable bonds is 5. The van der Waals surface area contributed by atoms with E-state index in [-0.39, 0.29) is 0 Å². The summed E-state index contributed by atoms with van der Waals surface area (Å²) in [5, 5.41) is 14.3. The van der Waals surface area contributed by atoms with E-state index in [9.17, 15) is 0 Å². The monoisotopic (exact) mass is 400 g/mol. The van der Waals surface area contributed by atoms with Gasteiger partial charge in [-0.3, -0.25) is 0 Å². The summed E-state index contributed by atoms with van der Waals surface area (Å²) in [6.07, 6.45) is 0. The lowest BCUT2D eigenvalue weighted by molar-refractivity contribution is 0.887. The number of thioether (sulfide) groups is 1. The van der Waals surface area contributed by atoms with Crippen LogP contribution in [0.15, 0.2) is 89.8 Å². The fourth-order valence-corrected chi connectivity index (χ4v) is 4.65. The summed E-state index contributed by atoms with van der Waals surface area (Å²) in [5.74, 6) is 1.61. The summed E-state index contributed by atoms with van der Waals surface area (Å²) in [7, 11) is 0. The van der Waals surface area contributed by atoms with E-state index in [1.54, 1.807) is 23.1 Å². The molecule has 0 fully saturated rings. The van der Waals surface area contributed by atoms with Crippen molar-refractivity contribution in [1.29, 1.82) is 0 Å². The van der Waals surface area contributed by atoms with E-state index in [0.717, 1.165) is 27.1 Å². The molecule has 28 heavy (non-hydrogen) atoms. The smallest absolute Gasteiger partial charge is 0.186 e. The van der Waals surface area contributed by atoms with Gasteiger partial charge in [0, 0.05) is 10.5 Å². The molecule has 0 aliphatic carbocycles. The Labute approximate surface area is 170 Å². The Kier molecular flexibility index (Phi) is 4.64. The number of benzene rings is 3. The van der Waals surface area contributed by atoms with Crippen LogP contribution in [-0.2, 0) is 5.75 Å². The quantitative estimate of drug-likeness (QED) is 0.349. The maximum atomic E-state index is 4.75. The minimum Gasteiger partial charge on any atom is -0.186 e. The number of hydrogen-bond donors (Lipinski definition) is 0. The van der Waals surface area contributed by atoms with Gasteiger partial charge in [0.25, 0.3) is 0 Å². The van der Waals surface area contributed by atoms with Gasteiger partial charge in [-0.25, -0.2) is 0 Å². The molecule has 0 saturated heterocycles. The lowest BCUT2D eigenvalue weighted by atomic mass is 10.0. The van der Waals surface area contributed by atoms with Crippen molar-refractivity contribution in [2.45, 2.75) is 10.6 Å². The fourth-order valence-electron chi connectivity index (χ4n) is 2.96. The van der Waals surface area contributed by atoms with Gasteiger partial charge >= 0.3 is 0 Å². The van der Waals surface area contributed by atoms with Crippen LogP contribution in [0.5, 0.6) is 0 Å². The summed E-state index contributed by atoms with van der Waals surface area (Å²) in [6.45, 7) is 0. The van der Waals surface area contributed by atoms with Crippen molar-refractivity contribution < 1.29 is 0 Å². The van der Waals surface area contributed by atoms with Crippen molar-refractivity contribution >= 4 is 28.1 Å². The van der Waals surface area contributed by atoms with E-state index in [1.165, 1.54) is 16.0 Å². The van der Waals surface area contributed by atoms with Crippen molar-refractivity contribution in [3.05, 3.63) is 90.8 Å². The molecule has 136 valence electrons. The third-order valence-electron chi connectivity index (χ3n) is 4.41. The Bertz CT molecular complexity index is 1200. The third-order valence-corrected chi connectivity index (χ3v) is 6.36. The van der Waals surface area contributed by atoms with Crippen LogP contribution in [0.1, 0.15) is 5.82 Å². The predicted octanol–water partition coefficient (Wildman–Crippen LogP) is 5.81. The molecule has 5 aromatic rings. The molecule has 0 unspecified atom stereocenters. The second kappa shape index (κ2) is 7.58. The van der Waals surface area contributed by atoms with Crippen molar-refractivity contribution in [1.82, 2.24) is 19.8 Å². The first-order valence-corrected chi connectivity index (χ1v) is 10.7. The Morgan fingerprint density at radius 3 is 2.11 bits per heavy atom. The number of nitrogens with zero attached hydrogens (tertiary/aromatic N) is 4. The molecule has 3 aromatic carbocycles. The number of hydrogen-bond acceptors (Lipinski definition) is 5. The highest BCUT2D eigenvalue weighted by atomic mass is 32.2. The molecule has 0 N–H and O–H groups in total. The summed E-state index contributed by atoms with van der Waals surface area (Å²) in [5.41, 5.74) is 3.51. The lowest BCUT2D eigenvalue weighted by Crippen LogP contribution is -1.94. The Morgan fingerprint density at radius 2 is 1.36 bits per heavy atom. The zero-order valence-corrected chi connectivity index (χ0v) is 16.5. The van der Waals surface area contributed by atoms with Gasteiger partial charge in [-0.1, -0.05) is 84.1 Å². The first-order valence-electron chi connectivity index (χ1n) is 8.92. The molecular weight excluding hydrogens is 384 g/mol. The molecule has 0 saturated carbocycles. The summed E-state index contributed by atoms with van der Waals surface area (Å²) in [6, 6.07) is 29.2. The fraction of sp³-hybridized carbons (Fsp3) is 0.0455. The predicted molar refractivity (Wildman–Crippen MR) is 116 cm³/mol. The molecule has 0 radical (unpaired) electrons. The van der Waals surface area contributed by atoms with Gasteiger partial charge in [0.1, 0.15) is 5.01 Å². The van der Waals surface area contributed by atoms with Gasteiger partial charge in [0.15, 0.2) is 5.82 Å². The number of fused-ring (bicyclic) bond motifs is 1. The van der Waals surface area contributed by atoms with E-state index in [2.05, 4.69) is 70.9 Å². The van der Waals surface area contributed by atoms with Gasteiger partial charge in [-0.05, 0) is 23.3 Å². The van der Waals surface area contributed by atoms with Gasteiger partial charge in [0.2, 0.25) is 4.96 Å². The van der Waals surface area contributed by atoms with Gasteiger partial charge in [0.05, 0.1) is 5.75 Å². The molecule has 5 rings (SSSR count). The highest BCUT2D eigenvalue weighted by molar-refractivity contribution is 7.98. The minimum atomic E-state index is 0.737. The van der Waals surface area contributed by atoms with Gasteiger partial charge in [-0.15, -0.1) is 22.0 Å².